The van der Waals surface area contributed by atoms with Crippen LogP contribution in [0.5, 0.6) is 0 Å². The van der Waals surface area contributed by atoms with E-state index in [1.54, 1.807) is 0 Å². The van der Waals surface area contributed by atoms with Crippen molar-refractivity contribution >= 4 is 55.9 Å². The Morgan fingerprint density at radius 2 is 0.558 bits per heavy atom. The number of anilines is 6. The van der Waals surface area contributed by atoms with Crippen LogP contribution in [0.1, 0.15) is 0 Å². The predicted octanol–water partition coefficient (Wildman–Crippen LogP) is 13.1. The largest absolute Gasteiger partial charge is 0.311 e. The summed E-state index contributed by atoms with van der Waals surface area (Å²) in [7, 11) is 0. The maximum Gasteiger partial charge on any atom is 0.0965 e. The molecule has 0 saturated heterocycles. The van der Waals surface area contributed by atoms with Gasteiger partial charge < -0.3 is 9.80 Å². The van der Waals surface area contributed by atoms with Crippen LogP contribution in [0.4, 0.5) is 34.1 Å². The molecule has 0 aliphatic rings. The summed E-state index contributed by atoms with van der Waals surface area (Å²) in [6.45, 7) is 0. The Morgan fingerprint density at radius 3 is 0.865 bits per heavy atom. The Bertz CT molecular complexity index is 2330. The van der Waals surface area contributed by atoms with Gasteiger partial charge in [-0.3, -0.25) is 9.97 Å². The molecular formula is C48H34N4. The van der Waals surface area contributed by atoms with Crippen molar-refractivity contribution in [1.82, 2.24) is 9.97 Å². The minimum atomic E-state index is 0.903. The summed E-state index contributed by atoms with van der Waals surface area (Å²) in [6, 6.07) is 68.0. The van der Waals surface area contributed by atoms with Crippen LogP contribution in [-0.4, -0.2) is 9.97 Å². The summed E-state index contributed by atoms with van der Waals surface area (Å²) in [5, 5.41) is 2.13. The lowest BCUT2D eigenvalue weighted by Gasteiger charge is -2.25. The predicted molar refractivity (Wildman–Crippen MR) is 217 cm³/mol. The van der Waals surface area contributed by atoms with Crippen LogP contribution in [0.3, 0.4) is 0 Å². The molecule has 0 saturated carbocycles. The molecule has 0 amide bonds. The normalized spacial score (nSPS) is 11.1. The average Bonchev–Trinajstić information content (AvgIpc) is 3.23. The molecule has 4 heteroatoms. The second kappa shape index (κ2) is 13.7. The molecule has 0 unspecified atom stereocenters. The zero-order chi connectivity index (χ0) is 34.7. The van der Waals surface area contributed by atoms with E-state index in [2.05, 4.69) is 180 Å². The van der Waals surface area contributed by atoms with Crippen LogP contribution in [0.15, 0.2) is 207 Å². The molecule has 0 radical (unpaired) electrons. The second-order valence-corrected chi connectivity index (χ2v) is 12.8. The molecule has 7 aromatic carbocycles. The number of aromatic nitrogens is 2. The Kier molecular flexibility index (Phi) is 8.16. The van der Waals surface area contributed by atoms with Crippen LogP contribution in [0.2, 0.25) is 0 Å². The number of nitrogens with zero attached hydrogens (tertiary/aromatic N) is 4. The Balaban J connectivity index is 0.994. The Morgan fingerprint density at radius 1 is 0.269 bits per heavy atom. The highest BCUT2D eigenvalue weighted by molar-refractivity contribution is 6.04. The van der Waals surface area contributed by atoms with Gasteiger partial charge in [-0.25, -0.2) is 0 Å². The van der Waals surface area contributed by atoms with Gasteiger partial charge in [0.05, 0.1) is 11.0 Å². The van der Waals surface area contributed by atoms with E-state index in [4.69, 9.17) is 9.97 Å². The molecule has 0 bridgehead atoms. The third-order valence-corrected chi connectivity index (χ3v) is 9.48. The molecule has 0 aliphatic heterocycles. The van der Waals surface area contributed by atoms with Crippen molar-refractivity contribution in [2.24, 2.45) is 0 Å². The summed E-state index contributed by atoms with van der Waals surface area (Å²) >= 11 is 0. The van der Waals surface area contributed by atoms with E-state index in [9.17, 15) is 0 Å². The highest BCUT2D eigenvalue weighted by Gasteiger charge is 2.14. The fourth-order valence-corrected chi connectivity index (χ4v) is 6.92. The van der Waals surface area contributed by atoms with Gasteiger partial charge in [-0.1, -0.05) is 109 Å². The first-order valence-electron chi connectivity index (χ1n) is 17.5. The molecule has 9 rings (SSSR count). The van der Waals surface area contributed by atoms with Crippen LogP contribution in [0.25, 0.3) is 44.1 Å². The van der Waals surface area contributed by atoms with E-state index >= 15 is 0 Å². The minimum absolute atomic E-state index is 0.903. The van der Waals surface area contributed by atoms with Crippen molar-refractivity contribution in [3.05, 3.63) is 207 Å². The van der Waals surface area contributed by atoms with E-state index < -0.39 is 0 Å². The number of fused-ring (bicyclic) bond motifs is 3. The van der Waals surface area contributed by atoms with Crippen LogP contribution >= 0.6 is 0 Å². The quantitative estimate of drug-likeness (QED) is 0.151. The molecule has 0 aliphatic carbocycles. The zero-order valence-electron chi connectivity index (χ0n) is 28.4. The van der Waals surface area contributed by atoms with Crippen molar-refractivity contribution in [3.63, 3.8) is 0 Å². The van der Waals surface area contributed by atoms with Crippen molar-refractivity contribution in [1.29, 1.82) is 0 Å². The van der Waals surface area contributed by atoms with E-state index in [0.29, 0.717) is 0 Å². The fourth-order valence-electron chi connectivity index (χ4n) is 6.92. The van der Waals surface area contributed by atoms with E-state index in [1.807, 2.05) is 36.7 Å². The van der Waals surface area contributed by atoms with Crippen molar-refractivity contribution < 1.29 is 0 Å². The summed E-state index contributed by atoms with van der Waals surface area (Å²) in [5.74, 6) is 0. The topological polar surface area (TPSA) is 32.3 Å². The molecule has 0 atom stereocenters. The number of para-hydroxylation sites is 4. The minimum Gasteiger partial charge on any atom is -0.311 e. The van der Waals surface area contributed by atoms with Crippen LogP contribution in [0, 0.1) is 0 Å². The molecular weight excluding hydrogens is 633 g/mol. The monoisotopic (exact) mass is 666 g/mol. The summed E-state index contributed by atoms with van der Waals surface area (Å²) in [5.41, 5.74) is 12.8. The molecule has 246 valence electrons. The molecule has 9 aromatic rings. The highest BCUT2D eigenvalue weighted by atomic mass is 15.1. The lowest BCUT2D eigenvalue weighted by Crippen LogP contribution is -2.09. The summed E-state index contributed by atoms with van der Waals surface area (Å²) in [6.07, 6.45) is 3.92. The molecule has 2 aromatic heterocycles. The number of pyridine rings is 2. The van der Waals surface area contributed by atoms with Gasteiger partial charge in [0.25, 0.3) is 0 Å². The molecule has 0 spiro atoms. The standard InChI is InChI=1S/C48H34N4/c1-5-13-41(14-6-1)51(42-15-7-2-8-16-42)45-27-23-35(24-28-45)39-31-37-21-22-38-32-40(34-50-48(38)47(37)49-33-39)36-25-29-46(30-26-36)52(43-17-9-3-10-18-43)44-19-11-4-12-20-44/h1-34H. The molecule has 0 N–H and O–H groups in total. The Hall–Kier alpha value is -7.04. The van der Waals surface area contributed by atoms with E-state index in [1.165, 1.54) is 0 Å². The Labute approximate surface area is 303 Å². The first kappa shape index (κ1) is 31.0. The lowest BCUT2D eigenvalue weighted by molar-refractivity contribution is 1.28. The van der Waals surface area contributed by atoms with Gasteiger partial charge in [0.2, 0.25) is 0 Å². The first-order chi connectivity index (χ1) is 25.8. The van der Waals surface area contributed by atoms with Crippen LogP contribution < -0.4 is 9.80 Å². The second-order valence-electron chi connectivity index (χ2n) is 12.8. The van der Waals surface area contributed by atoms with E-state index in [-0.39, 0.29) is 0 Å². The van der Waals surface area contributed by atoms with Gasteiger partial charge in [-0.15, -0.1) is 0 Å². The number of hydrogen-bond donors (Lipinski definition) is 0. The molecule has 52 heavy (non-hydrogen) atoms. The number of hydrogen-bond acceptors (Lipinski definition) is 4. The van der Waals surface area contributed by atoms with E-state index in [0.717, 1.165) is 78.2 Å². The molecule has 2 heterocycles. The fraction of sp³-hybridized carbons (Fsp3) is 0. The SMILES string of the molecule is c1ccc(N(c2ccccc2)c2ccc(-c3cnc4c(ccc5cc(-c6ccc(N(c7ccccc7)c7ccccc7)cc6)cnc54)c3)cc2)cc1. The summed E-state index contributed by atoms with van der Waals surface area (Å²) < 4.78 is 0. The summed E-state index contributed by atoms with van der Waals surface area (Å²) in [4.78, 5) is 14.4. The van der Waals surface area contributed by atoms with Crippen molar-refractivity contribution in [3.8, 4) is 22.3 Å². The number of benzene rings is 7. The van der Waals surface area contributed by atoms with Crippen molar-refractivity contribution in [2.75, 3.05) is 9.80 Å². The van der Waals surface area contributed by atoms with Gasteiger partial charge >= 0.3 is 0 Å². The maximum absolute atomic E-state index is 4.95. The molecule has 0 fully saturated rings. The highest BCUT2D eigenvalue weighted by Crippen LogP contribution is 2.38. The zero-order valence-corrected chi connectivity index (χ0v) is 28.4. The molecule has 4 nitrogen and oxygen atoms in total. The third-order valence-electron chi connectivity index (χ3n) is 9.48. The van der Waals surface area contributed by atoms with Gasteiger partial charge in [0.1, 0.15) is 0 Å². The first-order valence-corrected chi connectivity index (χ1v) is 17.5. The third kappa shape index (κ3) is 6.03. The lowest BCUT2D eigenvalue weighted by atomic mass is 10.0. The number of rotatable bonds is 8. The smallest absolute Gasteiger partial charge is 0.0965 e. The van der Waals surface area contributed by atoms with Crippen molar-refractivity contribution in [2.45, 2.75) is 0 Å². The van der Waals surface area contributed by atoms with Gasteiger partial charge in [-0.2, -0.15) is 0 Å². The van der Waals surface area contributed by atoms with Crippen LogP contribution in [-0.2, 0) is 0 Å². The maximum atomic E-state index is 4.95. The average molecular weight is 667 g/mol. The van der Waals surface area contributed by atoms with Gasteiger partial charge in [0, 0.05) is 68.4 Å². The van der Waals surface area contributed by atoms with Gasteiger partial charge in [0.15, 0.2) is 0 Å². The van der Waals surface area contributed by atoms with Gasteiger partial charge in [-0.05, 0) is 96.1 Å².